The fourth-order valence-corrected chi connectivity index (χ4v) is 2.56. The third-order valence-electron chi connectivity index (χ3n) is 3.73. The maximum Gasteiger partial charge on any atom is 0.236 e. The molecule has 1 saturated carbocycles. The largest absolute Gasteiger partial charge is 0.368 e. The smallest absolute Gasteiger partial charge is 0.236 e. The van der Waals surface area contributed by atoms with Crippen molar-refractivity contribution in [2.24, 2.45) is 5.73 Å². The van der Waals surface area contributed by atoms with Crippen LogP contribution >= 0.6 is 0 Å². The van der Waals surface area contributed by atoms with Gasteiger partial charge >= 0.3 is 0 Å². The summed E-state index contributed by atoms with van der Waals surface area (Å²) in [6, 6.07) is 0.416. The summed E-state index contributed by atoms with van der Waals surface area (Å²) in [4.78, 5) is 17.8. The van der Waals surface area contributed by atoms with Gasteiger partial charge in [-0.15, -0.1) is 0 Å². The Bertz CT molecular complexity index is 439. The van der Waals surface area contributed by atoms with E-state index in [-0.39, 0.29) is 11.9 Å². The number of hydrogen-bond acceptors (Lipinski definition) is 4. The molecule has 0 radical (unpaired) electrons. The van der Waals surface area contributed by atoms with Crippen molar-refractivity contribution < 1.29 is 4.79 Å². The van der Waals surface area contributed by atoms with Crippen LogP contribution in [0.25, 0.3) is 0 Å². The van der Waals surface area contributed by atoms with Gasteiger partial charge in [-0.05, 0) is 12.8 Å². The van der Waals surface area contributed by atoms with Crippen LogP contribution in [0, 0.1) is 0 Å². The number of rotatable bonds is 4. The molecule has 1 amide bonds. The Morgan fingerprint density at radius 3 is 3.11 bits per heavy atom. The van der Waals surface area contributed by atoms with Crippen LogP contribution < -0.4 is 11.1 Å². The fraction of sp³-hybridized carbons (Fsp3) is 0.667. The summed E-state index contributed by atoms with van der Waals surface area (Å²) in [5, 5.41) is 3.21. The average molecular weight is 249 g/mol. The van der Waals surface area contributed by atoms with Gasteiger partial charge in [0.15, 0.2) is 0 Å². The van der Waals surface area contributed by atoms with Crippen LogP contribution in [0.4, 0.5) is 0 Å². The molecule has 0 bridgehead atoms. The van der Waals surface area contributed by atoms with Crippen molar-refractivity contribution in [2.75, 3.05) is 19.6 Å². The second-order valence-corrected chi connectivity index (χ2v) is 5.12. The molecule has 6 nitrogen and oxygen atoms in total. The van der Waals surface area contributed by atoms with Crippen LogP contribution in [0.2, 0.25) is 0 Å². The highest BCUT2D eigenvalue weighted by Gasteiger charge is 2.30. The normalized spacial score (nSPS) is 25.2. The molecule has 1 unspecified atom stereocenters. The molecule has 2 heterocycles. The summed E-state index contributed by atoms with van der Waals surface area (Å²) in [7, 11) is 0. The average Bonchev–Trinajstić information content (AvgIpc) is 3.11. The van der Waals surface area contributed by atoms with Crippen LogP contribution in [0.3, 0.4) is 0 Å². The van der Waals surface area contributed by atoms with Gasteiger partial charge in [0.2, 0.25) is 5.91 Å². The van der Waals surface area contributed by atoms with Crippen LogP contribution in [0.15, 0.2) is 12.5 Å². The summed E-state index contributed by atoms with van der Waals surface area (Å²) >= 11 is 0. The van der Waals surface area contributed by atoms with Gasteiger partial charge < -0.3 is 15.6 Å². The summed E-state index contributed by atoms with van der Waals surface area (Å²) in [5.41, 5.74) is 6.64. The first kappa shape index (κ1) is 11.7. The lowest BCUT2D eigenvalue weighted by molar-refractivity contribution is -0.124. The van der Waals surface area contributed by atoms with Crippen molar-refractivity contribution in [2.45, 2.75) is 31.5 Å². The molecule has 1 aliphatic heterocycles. The van der Waals surface area contributed by atoms with Gasteiger partial charge in [-0.1, -0.05) is 0 Å². The number of piperazine rings is 1. The number of carbonyl (C=O) groups is 1. The third kappa shape index (κ3) is 2.26. The quantitative estimate of drug-likeness (QED) is 0.752. The molecule has 2 aliphatic rings. The molecule has 1 aromatic rings. The van der Waals surface area contributed by atoms with E-state index < -0.39 is 0 Å². The molecule has 1 saturated heterocycles. The topological polar surface area (TPSA) is 76.2 Å². The number of nitrogens with two attached hydrogens (primary N) is 1. The molecule has 1 aromatic heterocycles. The first-order valence-corrected chi connectivity index (χ1v) is 6.50. The van der Waals surface area contributed by atoms with E-state index in [1.165, 1.54) is 18.5 Å². The predicted molar refractivity (Wildman–Crippen MR) is 66.8 cm³/mol. The van der Waals surface area contributed by atoms with Crippen molar-refractivity contribution in [3.05, 3.63) is 18.2 Å². The van der Waals surface area contributed by atoms with E-state index in [1.54, 1.807) is 0 Å². The fourth-order valence-electron chi connectivity index (χ4n) is 2.56. The van der Waals surface area contributed by atoms with Crippen LogP contribution in [0.5, 0.6) is 0 Å². The van der Waals surface area contributed by atoms with E-state index in [0.29, 0.717) is 12.6 Å². The summed E-state index contributed by atoms with van der Waals surface area (Å²) in [5.74, 6) is -0.250. The van der Waals surface area contributed by atoms with Gasteiger partial charge in [-0.2, -0.15) is 0 Å². The van der Waals surface area contributed by atoms with Gasteiger partial charge in [0.25, 0.3) is 0 Å². The lowest BCUT2D eigenvalue weighted by Crippen LogP contribution is -2.56. The molecular formula is C12H19N5O. The van der Waals surface area contributed by atoms with E-state index in [2.05, 4.69) is 19.8 Å². The Kier molecular flexibility index (Phi) is 3.05. The Morgan fingerprint density at radius 1 is 1.56 bits per heavy atom. The van der Waals surface area contributed by atoms with Gasteiger partial charge in [0.05, 0.1) is 12.0 Å². The van der Waals surface area contributed by atoms with Crippen molar-refractivity contribution >= 4 is 5.91 Å². The van der Waals surface area contributed by atoms with Gasteiger partial charge in [0.1, 0.15) is 6.04 Å². The number of aromatic nitrogens is 2. The number of amides is 1. The molecule has 1 atom stereocenters. The lowest BCUT2D eigenvalue weighted by atomic mass is 10.1. The highest BCUT2D eigenvalue weighted by Crippen LogP contribution is 2.35. The zero-order chi connectivity index (χ0) is 12.5. The number of carbonyl (C=O) groups excluding carboxylic acids is 1. The highest BCUT2D eigenvalue weighted by atomic mass is 16.1. The maximum atomic E-state index is 11.4. The maximum absolute atomic E-state index is 11.4. The first-order chi connectivity index (χ1) is 8.75. The number of primary amides is 1. The van der Waals surface area contributed by atoms with E-state index in [1.807, 2.05) is 12.5 Å². The molecule has 18 heavy (non-hydrogen) atoms. The van der Waals surface area contributed by atoms with E-state index >= 15 is 0 Å². The second-order valence-electron chi connectivity index (χ2n) is 5.12. The summed E-state index contributed by atoms with van der Waals surface area (Å²) in [6.45, 7) is 3.16. The van der Waals surface area contributed by atoms with Crippen molar-refractivity contribution in [1.29, 1.82) is 0 Å². The lowest BCUT2D eigenvalue weighted by Gasteiger charge is -2.34. The monoisotopic (exact) mass is 249 g/mol. The summed E-state index contributed by atoms with van der Waals surface area (Å²) in [6.07, 6.45) is 6.28. The zero-order valence-electron chi connectivity index (χ0n) is 10.4. The SMILES string of the molecule is NC(=O)C1CNCCN1Cc1cncn1C1CC1. The molecule has 2 fully saturated rings. The van der Waals surface area contributed by atoms with Crippen molar-refractivity contribution in [3.63, 3.8) is 0 Å². The molecule has 3 rings (SSSR count). The predicted octanol–water partition coefficient (Wildman–Crippen LogP) is -0.523. The van der Waals surface area contributed by atoms with Crippen LogP contribution in [-0.4, -0.2) is 46.0 Å². The molecule has 0 spiro atoms. The standard InChI is InChI=1S/C12H19N5O/c13-12(18)11-6-14-3-4-16(11)7-10-5-15-8-17(10)9-1-2-9/h5,8-9,11,14H,1-4,6-7H2,(H2,13,18). The zero-order valence-corrected chi connectivity index (χ0v) is 10.4. The van der Waals surface area contributed by atoms with E-state index in [4.69, 9.17) is 5.73 Å². The van der Waals surface area contributed by atoms with Gasteiger partial charge in [-0.3, -0.25) is 9.69 Å². The minimum absolute atomic E-state index is 0.207. The molecule has 6 heteroatoms. The number of nitrogens with one attached hydrogen (secondary N) is 1. The van der Waals surface area contributed by atoms with Gasteiger partial charge in [-0.25, -0.2) is 4.98 Å². The molecule has 98 valence electrons. The Balaban J connectivity index is 1.73. The van der Waals surface area contributed by atoms with Crippen molar-refractivity contribution in [3.8, 4) is 0 Å². The number of nitrogens with zero attached hydrogens (tertiary/aromatic N) is 3. The number of imidazole rings is 1. The third-order valence-corrected chi connectivity index (χ3v) is 3.73. The molecule has 1 aliphatic carbocycles. The second kappa shape index (κ2) is 4.70. The summed E-state index contributed by atoms with van der Waals surface area (Å²) < 4.78 is 2.24. The number of hydrogen-bond donors (Lipinski definition) is 2. The molecular weight excluding hydrogens is 230 g/mol. The Labute approximate surface area is 106 Å². The first-order valence-electron chi connectivity index (χ1n) is 6.50. The van der Waals surface area contributed by atoms with Crippen LogP contribution in [0.1, 0.15) is 24.6 Å². The van der Waals surface area contributed by atoms with Crippen molar-refractivity contribution in [1.82, 2.24) is 19.8 Å². The van der Waals surface area contributed by atoms with E-state index in [9.17, 15) is 4.79 Å². The minimum atomic E-state index is -0.250. The molecule has 0 aromatic carbocycles. The van der Waals surface area contributed by atoms with Gasteiger partial charge in [0, 0.05) is 38.4 Å². The molecule has 3 N–H and O–H groups in total. The Hall–Kier alpha value is -1.40. The van der Waals surface area contributed by atoms with Crippen LogP contribution in [-0.2, 0) is 11.3 Å². The van der Waals surface area contributed by atoms with E-state index in [0.717, 1.165) is 19.6 Å². The Morgan fingerprint density at radius 2 is 2.39 bits per heavy atom. The minimum Gasteiger partial charge on any atom is -0.368 e. The highest BCUT2D eigenvalue weighted by molar-refractivity contribution is 5.80.